The number of nitrogens with one attached hydrogen (secondary N) is 2. The third-order valence-electron chi connectivity index (χ3n) is 6.69. The van der Waals surface area contributed by atoms with Crippen molar-refractivity contribution >= 4 is 23.3 Å². The molecule has 1 heterocycles. The van der Waals surface area contributed by atoms with E-state index in [1.807, 2.05) is 12.1 Å². The molecule has 0 radical (unpaired) electrons. The minimum atomic E-state index is -0.478. The number of likely N-dealkylation sites (tertiary alicyclic amines) is 1. The van der Waals surface area contributed by atoms with E-state index in [4.69, 9.17) is 4.74 Å². The predicted octanol–water partition coefficient (Wildman–Crippen LogP) is 2.66. The van der Waals surface area contributed by atoms with Gasteiger partial charge in [-0.2, -0.15) is 0 Å². The van der Waals surface area contributed by atoms with Crippen molar-refractivity contribution in [3.63, 3.8) is 0 Å². The van der Waals surface area contributed by atoms with Crippen LogP contribution in [0.1, 0.15) is 61.4 Å². The summed E-state index contributed by atoms with van der Waals surface area (Å²) in [6, 6.07) is 7.51. The third kappa shape index (κ3) is 5.10. The van der Waals surface area contributed by atoms with E-state index in [0.717, 1.165) is 31.2 Å². The van der Waals surface area contributed by atoms with Gasteiger partial charge in [0.15, 0.2) is 0 Å². The number of hydrogen-bond acceptors (Lipinski definition) is 7. The second kappa shape index (κ2) is 10.2. The minimum absolute atomic E-state index is 0.0534. The number of amides is 1. The fraction of sp³-hybridized carbons (Fsp3) is 0.520. The summed E-state index contributed by atoms with van der Waals surface area (Å²) >= 11 is 0. The number of carbonyl (C=O) groups is 2. The zero-order valence-corrected chi connectivity index (χ0v) is 19.0. The zero-order valence-electron chi connectivity index (χ0n) is 19.0. The van der Waals surface area contributed by atoms with Gasteiger partial charge in [-0.3, -0.25) is 19.2 Å². The van der Waals surface area contributed by atoms with Gasteiger partial charge in [0, 0.05) is 31.2 Å². The Balaban J connectivity index is 1.30. The van der Waals surface area contributed by atoms with E-state index in [-0.39, 0.29) is 23.8 Å². The highest BCUT2D eigenvalue weighted by molar-refractivity contribution is 5.94. The first-order valence-corrected chi connectivity index (χ1v) is 11.9. The van der Waals surface area contributed by atoms with Crippen molar-refractivity contribution in [2.45, 2.75) is 58.0 Å². The summed E-state index contributed by atoms with van der Waals surface area (Å²) < 4.78 is 5.08. The highest BCUT2D eigenvalue weighted by Gasteiger charge is 2.29. The molecule has 4 rings (SSSR count). The smallest absolute Gasteiger partial charge is 0.309 e. The molecule has 1 saturated carbocycles. The fourth-order valence-electron chi connectivity index (χ4n) is 4.69. The topological polar surface area (TPSA) is 105 Å². The monoisotopic (exact) mass is 453 g/mol. The van der Waals surface area contributed by atoms with E-state index in [1.54, 1.807) is 24.0 Å². The first kappa shape index (κ1) is 23.0. The van der Waals surface area contributed by atoms with Crippen LogP contribution in [-0.2, 0) is 16.1 Å². The number of rotatable bonds is 8. The summed E-state index contributed by atoms with van der Waals surface area (Å²) in [6.07, 6.45) is 5.56. The molecule has 8 heteroatoms. The number of nitrogens with zero attached hydrogens (tertiary/aromatic N) is 1. The Bertz CT molecular complexity index is 1060. The van der Waals surface area contributed by atoms with Gasteiger partial charge in [0.05, 0.1) is 12.5 Å². The molecule has 1 aliphatic heterocycles. The summed E-state index contributed by atoms with van der Waals surface area (Å²) in [5, 5.41) is 6.31. The third-order valence-corrected chi connectivity index (χ3v) is 6.69. The Hall–Kier alpha value is -3.16. The lowest BCUT2D eigenvalue weighted by atomic mass is 9.96. The van der Waals surface area contributed by atoms with Gasteiger partial charge in [0.1, 0.15) is 11.4 Å². The standard InChI is InChI=1S/C25H31N3O5/c1-2-33-25(32)18-11-13-28(14-12-18)24(31)17-9-7-16(8-10-17)15-26-20-21(23(30)22(20)29)27-19-5-3-4-6-19/h7-10,18-19,26-27H,2-6,11-15H2,1H3. The SMILES string of the molecule is CCOC(=O)C1CCN(C(=O)c2ccc(CNc3c(NC4CCCC4)c(=O)c3=O)cc2)CC1. The Kier molecular flexibility index (Phi) is 7.11. The molecule has 1 amide bonds. The molecule has 2 aromatic rings. The highest BCUT2D eigenvalue weighted by atomic mass is 16.5. The van der Waals surface area contributed by atoms with Gasteiger partial charge in [-0.1, -0.05) is 25.0 Å². The maximum absolute atomic E-state index is 12.8. The number of ether oxygens (including phenoxy) is 1. The fourth-order valence-corrected chi connectivity index (χ4v) is 4.69. The van der Waals surface area contributed by atoms with E-state index in [0.29, 0.717) is 56.0 Å². The van der Waals surface area contributed by atoms with Crippen LogP contribution >= 0.6 is 0 Å². The van der Waals surface area contributed by atoms with Crippen LogP contribution in [0.3, 0.4) is 0 Å². The van der Waals surface area contributed by atoms with Crippen LogP contribution in [0.2, 0.25) is 0 Å². The van der Waals surface area contributed by atoms with Crippen molar-refractivity contribution in [2.75, 3.05) is 30.3 Å². The van der Waals surface area contributed by atoms with E-state index in [2.05, 4.69) is 10.6 Å². The van der Waals surface area contributed by atoms with Gasteiger partial charge in [0.25, 0.3) is 16.8 Å². The number of hydrogen-bond donors (Lipinski definition) is 2. The van der Waals surface area contributed by atoms with Gasteiger partial charge in [-0.25, -0.2) is 0 Å². The van der Waals surface area contributed by atoms with Crippen LogP contribution < -0.4 is 21.5 Å². The average Bonchev–Trinajstić information content (AvgIpc) is 3.37. The molecule has 1 saturated heterocycles. The quantitative estimate of drug-likeness (QED) is 0.468. The molecule has 0 unspecified atom stereocenters. The van der Waals surface area contributed by atoms with Gasteiger partial charge in [-0.05, 0) is 50.3 Å². The average molecular weight is 454 g/mol. The molecule has 2 fully saturated rings. The molecule has 0 bridgehead atoms. The van der Waals surface area contributed by atoms with Gasteiger partial charge >= 0.3 is 5.97 Å². The largest absolute Gasteiger partial charge is 0.466 e. The van der Waals surface area contributed by atoms with Crippen molar-refractivity contribution in [1.29, 1.82) is 0 Å². The van der Waals surface area contributed by atoms with Crippen LogP contribution in [0.5, 0.6) is 0 Å². The number of carbonyl (C=O) groups excluding carboxylic acids is 2. The van der Waals surface area contributed by atoms with Crippen LogP contribution in [0.15, 0.2) is 33.9 Å². The summed E-state index contributed by atoms with van der Waals surface area (Å²) in [5.74, 6) is -0.363. The van der Waals surface area contributed by atoms with E-state index in [9.17, 15) is 19.2 Å². The van der Waals surface area contributed by atoms with Crippen LogP contribution in [0, 0.1) is 5.92 Å². The maximum atomic E-state index is 12.8. The lowest BCUT2D eigenvalue weighted by Crippen LogP contribution is -2.40. The van der Waals surface area contributed by atoms with E-state index in [1.165, 1.54) is 0 Å². The van der Waals surface area contributed by atoms with Gasteiger partial charge in [0.2, 0.25) is 0 Å². The lowest BCUT2D eigenvalue weighted by Gasteiger charge is -2.31. The summed E-state index contributed by atoms with van der Waals surface area (Å²) in [7, 11) is 0. The summed E-state index contributed by atoms with van der Waals surface area (Å²) in [6.45, 7) is 3.63. The highest BCUT2D eigenvalue weighted by Crippen LogP contribution is 2.25. The Morgan fingerprint density at radius 3 is 2.24 bits per heavy atom. The predicted molar refractivity (Wildman–Crippen MR) is 126 cm³/mol. The molecule has 0 atom stereocenters. The normalized spacial score (nSPS) is 17.3. The molecule has 0 spiro atoms. The van der Waals surface area contributed by atoms with Crippen molar-refractivity contribution in [1.82, 2.24) is 4.90 Å². The molecule has 2 aliphatic rings. The van der Waals surface area contributed by atoms with E-state index < -0.39 is 10.9 Å². The summed E-state index contributed by atoms with van der Waals surface area (Å²) in [5.41, 5.74) is 1.34. The first-order valence-electron chi connectivity index (χ1n) is 11.9. The van der Waals surface area contributed by atoms with Crippen LogP contribution in [0.4, 0.5) is 11.4 Å². The number of piperidine rings is 1. The molecule has 2 aromatic carbocycles. The Morgan fingerprint density at radius 1 is 0.970 bits per heavy atom. The zero-order chi connectivity index (χ0) is 23.4. The first-order chi connectivity index (χ1) is 16.0. The molecule has 0 aromatic heterocycles. The second-order valence-corrected chi connectivity index (χ2v) is 8.90. The Labute approximate surface area is 193 Å². The Morgan fingerprint density at radius 2 is 1.61 bits per heavy atom. The minimum Gasteiger partial charge on any atom is -0.466 e. The van der Waals surface area contributed by atoms with Crippen molar-refractivity contribution in [2.24, 2.45) is 5.92 Å². The molecule has 8 nitrogen and oxygen atoms in total. The molecular weight excluding hydrogens is 422 g/mol. The second-order valence-electron chi connectivity index (χ2n) is 8.90. The van der Waals surface area contributed by atoms with Gasteiger partial charge < -0.3 is 20.3 Å². The molecule has 33 heavy (non-hydrogen) atoms. The molecule has 2 N–H and O–H groups in total. The van der Waals surface area contributed by atoms with E-state index >= 15 is 0 Å². The van der Waals surface area contributed by atoms with Crippen LogP contribution in [-0.4, -0.2) is 42.5 Å². The van der Waals surface area contributed by atoms with Crippen molar-refractivity contribution < 1.29 is 14.3 Å². The molecule has 176 valence electrons. The number of esters is 1. The lowest BCUT2D eigenvalue weighted by molar-refractivity contribution is -0.149. The van der Waals surface area contributed by atoms with Crippen molar-refractivity contribution in [3.05, 3.63) is 55.8 Å². The molecule has 1 aliphatic carbocycles. The summed E-state index contributed by atoms with van der Waals surface area (Å²) in [4.78, 5) is 50.4. The van der Waals surface area contributed by atoms with Crippen LogP contribution in [0.25, 0.3) is 0 Å². The maximum Gasteiger partial charge on any atom is 0.309 e. The molecular formula is C25H31N3O5. The number of benzene rings is 1. The number of anilines is 2. The van der Waals surface area contributed by atoms with Gasteiger partial charge in [-0.15, -0.1) is 0 Å². The van der Waals surface area contributed by atoms with Crippen molar-refractivity contribution in [3.8, 4) is 0 Å².